The smallest absolute Gasteiger partial charge is 0.295 e. The largest absolute Gasteiger partial charge is 0.380 e. The molecule has 0 spiro atoms. The van der Waals surface area contributed by atoms with E-state index in [1.54, 1.807) is 18.2 Å². The van der Waals surface area contributed by atoms with Crippen molar-refractivity contribution in [1.29, 1.82) is 0 Å². The van der Waals surface area contributed by atoms with Gasteiger partial charge >= 0.3 is 0 Å². The Morgan fingerprint density at radius 3 is 1.96 bits per heavy atom. The molecular weight excluding hydrogens is 328 g/mol. The highest BCUT2D eigenvalue weighted by Gasteiger charge is 2.29. The number of hydrogen-bond donors (Lipinski definition) is 1. The molecule has 2 rings (SSSR count). The molecule has 0 fully saturated rings. The average Bonchev–Trinajstić information content (AvgIpc) is 2.54. The van der Waals surface area contributed by atoms with Crippen molar-refractivity contribution in [2.75, 3.05) is 0 Å². The maximum absolute atomic E-state index is 12.3. The molecule has 0 radical (unpaired) electrons. The molecule has 0 aliphatic carbocycles. The van der Waals surface area contributed by atoms with Crippen LogP contribution in [0.15, 0.2) is 42.5 Å². The monoisotopic (exact) mass is 336 g/mol. The Bertz CT molecular complexity index is 758. The highest BCUT2D eigenvalue weighted by atomic mass is 35.5. The van der Waals surface area contributed by atoms with Crippen molar-refractivity contribution >= 4 is 28.8 Å². The van der Waals surface area contributed by atoms with Crippen LogP contribution in [-0.4, -0.2) is 20.7 Å². The number of hydrogen-bond acceptors (Lipinski definition) is 6. The number of aliphatic hydroxyl groups is 1. The summed E-state index contributed by atoms with van der Waals surface area (Å²) < 4.78 is 0. The third-order valence-electron chi connectivity index (χ3n) is 3.08. The molecule has 9 heteroatoms. The minimum atomic E-state index is -1.60. The fourth-order valence-electron chi connectivity index (χ4n) is 1.95. The molecule has 0 aliphatic rings. The lowest BCUT2D eigenvalue weighted by Crippen LogP contribution is -2.13. The number of nitrogens with zero attached hydrogens (tertiary/aromatic N) is 2. The number of nitro benzene ring substituents is 2. The average molecular weight is 337 g/mol. The van der Waals surface area contributed by atoms with E-state index in [0.29, 0.717) is 0 Å². The van der Waals surface area contributed by atoms with Crippen molar-refractivity contribution in [2.24, 2.45) is 0 Å². The molecule has 0 heterocycles. The third kappa shape index (κ3) is 3.33. The maximum Gasteiger partial charge on any atom is 0.295 e. The Hall–Kier alpha value is -2.84. The van der Waals surface area contributed by atoms with Gasteiger partial charge in [-0.3, -0.25) is 25.0 Å². The van der Waals surface area contributed by atoms with Crippen LogP contribution in [0.4, 0.5) is 11.4 Å². The van der Waals surface area contributed by atoms with E-state index in [-0.39, 0.29) is 11.1 Å². The first-order valence-electron chi connectivity index (χ1n) is 6.22. The minimum Gasteiger partial charge on any atom is -0.380 e. The lowest BCUT2D eigenvalue weighted by atomic mass is 9.99. The van der Waals surface area contributed by atoms with Crippen molar-refractivity contribution < 1.29 is 19.7 Å². The first kappa shape index (κ1) is 16.5. The molecule has 0 saturated carbocycles. The summed E-state index contributed by atoms with van der Waals surface area (Å²) in [5.41, 5.74) is -1.66. The van der Waals surface area contributed by atoms with Gasteiger partial charge in [-0.25, -0.2) is 0 Å². The Labute approximate surface area is 134 Å². The Morgan fingerprint density at radius 2 is 1.52 bits per heavy atom. The summed E-state index contributed by atoms with van der Waals surface area (Å²) in [7, 11) is 0. The Morgan fingerprint density at radius 1 is 1.04 bits per heavy atom. The van der Waals surface area contributed by atoms with Crippen LogP contribution in [0.2, 0.25) is 5.02 Å². The summed E-state index contributed by atoms with van der Waals surface area (Å²) in [6, 6.07) is 9.46. The lowest BCUT2D eigenvalue weighted by molar-refractivity contribution is -0.393. The van der Waals surface area contributed by atoms with Crippen LogP contribution < -0.4 is 0 Å². The highest BCUT2D eigenvalue weighted by molar-refractivity contribution is 6.35. The SMILES string of the molecule is O=C(c1cc([N+](=O)[O-])c(Cl)c([N+](=O)[O-])c1)C(O)c1ccccc1. The van der Waals surface area contributed by atoms with E-state index in [1.165, 1.54) is 12.1 Å². The lowest BCUT2D eigenvalue weighted by Gasteiger charge is -2.10. The maximum atomic E-state index is 12.3. The Balaban J connectivity index is 2.52. The zero-order chi connectivity index (χ0) is 17.1. The molecule has 0 bridgehead atoms. The summed E-state index contributed by atoms with van der Waals surface area (Å²) in [6.07, 6.45) is -1.60. The molecule has 1 atom stereocenters. The summed E-state index contributed by atoms with van der Waals surface area (Å²) in [5, 5.41) is 31.2. The fraction of sp³-hybridized carbons (Fsp3) is 0.0714. The number of aliphatic hydroxyl groups excluding tert-OH is 1. The van der Waals surface area contributed by atoms with Gasteiger partial charge in [-0.05, 0) is 5.56 Å². The quantitative estimate of drug-likeness (QED) is 0.508. The van der Waals surface area contributed by atoms with Gasteiger partial charge < -0.3 is 5.11 Å². The predicted molar refractivity (Wildman–Crippen MR) is 80.5 cm³/mol. The van der Waals surface area contributed by atoms with Crippen molar-refractivity contribution in [2.45, 2.75) is 6.10 Å². The summed E-state index contributed by atoms with van der Waals surface area (Å²) in [5.74, 6) is -0.904. The van der Waals surface area contributed by atoms with Crippen LogP contribution in [0.3, 0.4) is 0 Å². The Kier molecular flexibility index (Phi) is 4.68. The molecule has 23 heavy (non-hydrogen) atoms. The van der Waals surface area contributed by atoms with Crippen LogP contribution in [-0.2, 0) is 0 Å². The highest BCUT2D eigenvalue weighted by Crippen LogP contribution is 2.36. The number of ketones is 1. The first-order chi connectivity index (χ1) is 10.8. The van der Waals surface area contributed by atoms with Crippen molar-refractivity contribution in [3.8, 4) is 0 Å². The number of halogens is 1. The van der Waals surface area contributed by atoms with Crippen molar-refractivity contribution in [3.63, 3.8) is 0 Å². The number of Topliss-reactive ketones (excluding diaryl/α,β-unsaturated/α-hetero) is 1. The predicted octanol–water partition coefficient (Wildman–Crippen LogP) is 3.07. The standard InChI is InChI=1S/C14H9ClN2O6/c15-12-10(16(20)21)6-9(7-11(12)17(22)23)14(19)13(18)8-4-2-1-3-5-8/h1-7,13,18H. The summed E-state index contributed by atoms with van der Waals surface area (Å²) >= 11 is 5.61. The number of nitro groups is 2. The van der Waals surface area contributed by atoms with E-state index in [0.717, 1.165) is 12.1 Å². The van der Waals surface area contributed by atoms with E-state index >= 15 is 0 Å². The van der Waals surface area contributed by atoms with Crippen LogP contribution >= 0.6 is 11.6 Å². The number of rotatable bonds is 5. The van der Waals surface area contributed by atoms with Gasteiger partial charge in [0.05, 0.1) is 9.85 Å². The zero-order valence-corrected chi connectivity index (χ0v) is 12.1. The van der Waals surface area contributed by atoms with Crippen molar-refractivity contribution in [1.82, 2.24) is 0 Å². The molecule has 2 aromatic carbocycles. The number of carbonyl (C=O) groups is 1. The first-order valence-corrected chi connectivity index (χ1v) is 6.60. The second-order valence-electron chi connectivity index (χ2n) is 4.52. The molecule has 0 saturated heterocycles. The van der Waals surface area contributed by atoms with E-state index in [9.17, 15) is 30.1 Å². The van der Waals surface area contributed by atoms with Gasteiger partial charge in [0, 0.05) is 17.7 Å². The molecule has 2 aromatic rings. The molecular formula is C14H9ClN2O6. The summed E-state index contributed by atoms with van der Waals surface area (Å²) in [6.45, 7) is 0. The van der Waals surface area contributed by atoms with Crippen molar-refractivity contribution in [3.05, 3.63) is 78.8 Å². The van der Waals surface area contributed by atoms with Crippen LogP contribution in [0.1, 0.15) is 22.0 Å². The number of carbonyl (C=O) groups excluding carboxylic acids is 1. The second kappa shape index (κ2) is 6.51. The van der Waals surface area contributed by atoms with Gasteiger partial charge in [-0.2, -0.15) is 0 Å². The van der Waals surface area contributed by atoms with E-state index in [4.69, 9.17) is 11.6 Å². The van der Waals surface area contributed by atoms with Gasteiger partial charge in [-0.15, -0.1) is 0 Å². The summed E-state index contributed by atoms with van der Waals surface area (Å²) in [4.78, 5) is 32.3. The normalized spacial score (nSPS) is 11.7. The van der Waals surface area contributed by atoms with Gasteiger partial charge in [0.25, 0.3) is 11.4 Å². The minimum absolute atomic E-state index is 0.262. The second-order valence-corrected chi connectivity index (χ2v) is 4.90. The van der Waals surface area contributed by atoms with Crippen LogP contribution in [0, 0.1) is 20.2 Å². The van der Waals surface area contributed by atoms with E-state index in [1.807, 2.05) is 0 Å². The zero-order valence-electron chi connectivity index (χ0n) is 11.4. The fourth-order valence-corrected chi connectivity index (χ4v) is 2.19. The molecule has 0 amide bonds. The number of benzene rings is 2. The van der Waals surface area contributed by atoms with E-state index < -0.39 is 38.1 Å². The molecule has 0 aromatic heterocycles. The van der Waals surface area contributed by atoms with Gasteiger partial charge in [0.1, 0.15) is 6.10 Å². The third-order valence-corrected chi connectivity index (χ3v) is 3.46. The van der Waals surface area contributed by atoms with Gasteiger partial charge in [0.15, 0.2) is 10.8 Å². The molecule has 1 N–H and O–H groups in total. The topological polar surface area (TPSA) is 124 Å². The van der Waals surface area contributed by atoms with Crippen LogP contribution in [0.5, 0.6) is 0 Å². The molecule has 0 aliphatic heterocycles. The van der Waals surface area contributed by atoms with E-state index in [2.05, 4.69) is 0 Å². The van der Waals surface area contributed by atoms with Crippen LogP contribution in [0.25, 0.3) is 0 Å². The molecule has 8 nitrogen and oxygen atoms in total. The molecule has 1 unspecified atom stereocenters. The van der Waals surface area contributed by atoms with Gasteiger partial charge in [-0.1, -0.05) is 41.9 Å². The molecule has 118 valence electrons. The van der Waals surface area contributed by atoms with Gasteiger partial charge in [0.2, 0.25) is 0 Å².